The monoisotopic (exact) mass is 351 g/mol. The molecule has 0 fully saturated rings. The van der Waals surface area contributed by atoms with Crippen molar-refractivity contribution in [2.45, 2.75) is 40.0 Å². The topological polar surface area (TPSA) is 75.1 Å². The number of methoxy groups -OCH3 is 1. The van der Waals surface area contributed by atoms with Gasteiger partial charge in [0.05, 0.1) is 13.7 Å². The predicted molar refractivity (Wildman–Crippen MR) is 104 cm³/mol. The molecule has 6 heteroatoms. The first-order valence-corrected chi connectivity index (χ1v) is 9.15. The average molecular weight is 351 g/mol. The van der Waals surface area contributed by atoms with Gasteiger partial charge in [0.2, 0.25) is 0 Å². The van der Waals surface area contributed by atoms with Crippen molar-refractivity contribution in [3.63, 3.8) is 0 Å². The number of anilines is 1. The molecule has 0 bridgehead atoms. The van der Waals surface area contributed by atoms with Crippen molar-refractivity contribution in [3.05, 3.63) is 18.2 Å². The smallest absolute Gasteiger partial charge is 0.195 e. The summed E-state index contributed by atoms with van der Waals surface area (Å²) < 4.78 is 10.9. The van der Waals surface area contributed by atoms with Crippen molar-refractivity contribution in [1.82, 2.24) is 5.32 Å². The molecule has 142 valence electrons. The highest BCUT2D eigenvalue weighted by molar-refractivity contribution is 5.93. The fraction of sp³-hybridized carbons (Fsp3) is 0.632. The number of hydrogen-bond acceptors (Lipinski definition) is 4. The number of hydrogen-bond donors (Lipinski definition) is 3. The van der Waals surface area contributed by atoms with Crippen LogP contribution in [-0.2, 0) is 0 Å². The first-order valence-electron chi connectivity index (χ1n) is 9.15. The van der Waals surface area contributed by atoms with E-state index in [1.807, 2.05) is 32.0 Å². The highest BCUT2D eigenvalue weighted by Crippen LogP contribution is 2.30. The third kappa shape index (κ3) is 7.65. The molecule has 0 aliphatic carbocycles. The molecule has 25 heavy (non-hydrogen) atoms. The second-order valence-corrected chi connectivity index (χ2v) is 5.81. The summed E-state index contributed by atoms with van der Waals surface area (Å²) in [6.45, 7) is 8.39. The summed E-state index contributed by atoms with van der Waals surface area (Å²) in [5, 5.41) is 15.8. The Hall–Kier alpha value is -1.95. The van der Waals surface area contributed by atoms with Crippen molar-refractivity contribution in [3.8, 4) is 11.5 Å². The van der Waals surface area contributed by atoms with Gasteiger partial charge in [-0.2, -0.15) is 0 Å². The standard InChI is InChI=1S/C19H33N3O3/c1-5-8-15(11-12-23)14-21-19(20-6-2)22-16-9-10-17(24-4)18(13-16)25-7-3/h9-10,13,15,23H,5-8,11-12,14H2,1-4H3,(H2,20,21,22). The highest BCUT2D eigenvalue weighted by Gasteiger charge is 2.09. The van der Waals surface area contributed by atoms with Gasteiger partial charge >= 0.3 is 0 Å². The SMILES string of the molecule is CCCC(CCO)CN=C(NCC)Nc1ccc(OC)c(OCC)c1. The zero-order valence-electron chi connectivity index (χ0n) is 16.0. The van der Waals surface area contributed by atoms with Crippen LogP contribution < -0.4 is 20.1 Å². The van der Waals surface area contributed by atoms with Gasteiger partial charge < -0.3 is 25.2 Å². The van der Waals surface area contributed by atoms with Crippen molar-refractivity contribution in [2.75, 3.05) is 38.7 Å². The number of benzene rings is 1. The molecule has 1 rings (SSSR count). The van der Waals surface area contributed by atoms with Crippen LogP contribution in [0.25, 0.3) is 0 Å². The third-order valence-corrected chi connectivity index (χ3v) is 3.81. The number of ether oxygens (including phenoxy) is 2. The van der Waals surface area contributed by atoms with E-state index in [9.17, 15) is 5.11 Å². The van der Waals surface area contributed by atoms with Gasteiger partial charge in [0, 0.05) is 31.5 Å². The normalized spacial score (nSPS) is 12.6. The number of guanidine groups is 1. The summed E-state index contributed by atoms with van der Waals surface area (Å²) in [5.74, 6) is 2.55. The molecule has 6 nitrogen and oxygen atoms in total. The molecular formula is C19H33N3O3. The van der Waals surface area contributed by atoms with E-state index < -0.39 is 0 Å². The average Bonchev–Trinajstić information content (AvgIpc) is 2.60. The number of aliphatic imine (C=N–C) groups is 1. The van der Waals surface area contributed by atoms with Gasteiger partial charge in [0.25, 0.3) is 0 Å². The van der Waals surface area contributed by atoms with E-state index in [-0.39, 0.29) is 6.61 Å². The number of aliphatic hydroxyl groups is 1. The Bertz CT molecular complexity index is 515. The van der Waals surface area contributed by atoms with Crippen LogP contribution in [0.1, 0.15) is 40.0 Å². The summed E-state index contributed by atoms with van der Waals surface area (Å²) in [7, 11) is 1.63. The van der Waals surface area contributed by atoms with Gasteiger partial charge in [-0.25, -0.2) is 0 Å². The lowest BCUT2D eigenvalue weighted by Crippen LogP contribution is -2.31. The molecule has 0 aromatic heterocycles. The zero-order valence-corrected chi connectivity index (χ0v) is 16.0. The maximum atomic E-state index is 9.19. The number of aliphatic hydroxyl groups excluding tert-OH is 1. The molecule has 1 aromatic rings. The summed E-state index contributed by atoms with van der Waals surface area (Å²) >= 11 is 0. The van der Waals surface area contributed by atoms with E-state index in [0.717, 1.165) is 37.5 Å². The molecule has 0 saturated heterocycles. The van der Waals surface area contributed by atoms with Gasteiger partial charge in [-0.15, -0.1) is 0 Å². The number of nitrogens with zero attached hydrogens (tertiary/aromatic N) is 1. The van der Waals surface area contributed by atoms with Gasteiger partial charge in [-0.1, -0.05) is 13.3 Å². The lowest BCUT2D eigenvalue weighted by atomic mass is 10.0. The minimum atomic E-state index is 0.209. The van der Waals surface area contributed by atoms with Crippen LogP contribution in [0.3, 0.4) is 0 Å². The minimum Gasteiger partial charge on any atom is -0.493 e. The molecule has 0 amide bonds. The fourth-order valence-corrected chi connectivity index (χ4v) is 2.60. The molecule has 0 aliphatic rings. The Balaban J connectivity index is 2.85. The van der Waals surface area contributed by atoms with Crippen LogP contribution in [-0.4, -0.2) is 44.5 Å². The Morgan fingerprint density at radius 3 is 2.60 bits per heavy atom. The quantitative estimate of drug-likeness (QED) is 0.421. The Labute approximate surface area is 151 Å². The van der Waals surface area contributed by atoms with Gasteiger partial charge in [-0.05, 0) is 44.7 Å². The Morgan fingerprint density at radius 1 is 1.20 bits per heavy atom. The van der Waals surface area contributed by atoms with Crippen LogP contribution >= 0.6 is 0 Å². The first kappa shape index (κ1) is 21.1. The molecule has 0 radical (unpaired) electrons. The first-order chi connectivity index (χ1) is 12.2. The largest absolute Gasteiger partial charge is 0.493 e. The van der Waals surface area contributed by atoms with Crippen molar-refractivity contribution >= 4 is 11.6 Å². The molecule has 0 heterocycles. The minimum absolute atomic E-state index is 0.209. The molecule has 3 N–H and O–H groups in total. The predicted octanol–water partition coefficient (Wildman–Crippen LogP) is 3.27. The Kier molecular flexibility index (Phi) is 10.5. The van der Waals surface area contributed by atoms with E-state index in [4.69, 9.17) is 9.47 Å². The van der Waals surface area contributed by atoms with Gasteiger partial charge in [-0.3, -0.25) is 4.99 Å². The van der Waals surface area contributed by atoms with Crippen LogP contribution in [0.2, 0.25) is 0 Å². The lowest BCUT2D eigenvalue weighted by molar-refractivity contribution is 0.253. The lowest BCUT2D eigenvalue weighted by Gasteiger charge is -2.16. The maximum Gasteiger partial charge on any atom is 0.195 e. The molecule has 0 saturated carbocycles. The Morgan fingerprint density at radius 2 is 2.00 bits per heavy atom. The fourth-order valence-electron chi connectivity index (χ4n) is 2.60. The van der Waals surface area contributed by atoms with E-state index in [1.165, 1.54) is 0 Å². The molecule has 1 unspecified atom stereocenters. The number of nitrogens with one attached hydrogen (secondary N) is 2. The maximum absolute atomic E-state index is 9.19. The van der Waals surface area contributed by atoms with Crippen molar-refractivity contribution in [2.24, 2.45) is 10.9 Å². The van der Waals surface area contributed by atoms with E-state index in [1.54, 1.807) is 7.11 Å². The van der Waals surface area contributed by atoms with Crippen molar-refractivity contribution in [1.29, 1.82) is 0 Å². The van der Waals surface area contributed by atoms with Crippen LogP contribution in [0.15, 0.2) is 23.2 Å². The summed E-state index contributed by atoms with van der Waals surface area (Å²) in [6, 6.07) is 5.72. The zero-order chi connectivity index (χ0) is 18.5. The molecule has 1 atom stereocenters. The summed E-state index contributed by atoms with van der Waals surface area (Å²) in [5.41, 5.74) is 0.887. The van der Waals surface area contributed by atoms with Gasteiger partial charge in [0.1, 0.15) is 0 Å². The van der Waals surface area contributed by atoms with E-state index in [0.29, 0.717) is 30.6 Å². The second kappa shape index (κ2) is 12.4. The second-order valence-electron chi connectivity index (χ2n) is 5.81. The van der Waals surface area contributed by atoms with Crippen LogP contribution in [0, 0.1) is 5.92 Å². The molecule has 0 aliphatic heterocycles. The van der Waals surface area contributed by atoms with Crippen LogP contribution in [0.4, 0.5) is 5.69 Å². The summed E-state index contributed by atoms with van der Waals surface area (Å²) in [4.78, 5) is 4.68. The number of rotatable bonds is 11. The third-order valence-electron chi connectivity index (χ3n) is 3.81. The highest BCUT2D eigenvalue weighted by atomic mass is 16.5. The van der Waals surface area contributed by atoms with Crippen LogP contribution in [0.5, 0.6) is 11.5 Å². The van der Waals surface area contributed by atoms with E-state index in [2.05, 4.69) is 22.5 Å². The molecule has 1 aromatic carbocycles. The summed E-state index contributed by atoms with van der Waals surface area (Å²) in [6.07, 6.45) is 2.95. The van der Waals surface area contributed by atoms with Gasteiger partial charge in [0.15, 0.2) is 17.5 Å². The molecular weight excluding hydrogens is 318 g/mol. The van der Waals surface area contributed by atoms with E-state index >= 15 is 0 Å². The van der Waals surface area contributed by atoms with Crippen molar-refractivity contribution < 1.29 is 14.6 Å². The molecule has 0 spiro atoms.